The second kappa shape index (κ2) is 5.89. The van der Waals surface area contributed by atoms with Crippen LogP contribution in [0.15, 0.2) is 12.1 Å². The predicted octanol–water partition coefficient (Wildman–Crippen LogP) is 3.27. The van der Waals surface area contributed by atoms with Crippen molar-refractivity contribution in [3.8, 4) is 11.8 Å². The minimum Gasteiger partial charge on any atom is -0.318 e. The molecule has 2 N–H and O–H groups in total. The van der Waals surface area contributed by atoms with Gasteiger partial charge >= 0.3 is 0 Å². The standard InChI is InChI=1S/C13H15ClFN/c1-3-4-11(16)6-5-10-7-9(2)13(15)8-12(10)14/h7-8,11H,3-4,16H2,1-2H3. The second-order valence-electron chi connectivity index (χ2n) is 3.75. The maximum atomic E-state index is 13.1. The van der Waals surface area contributed by atoms with Crippen LogP contribution >= 0.6 is 11.6 Å². The molecule has 86 valence electrons. The molecule has 16 heavy (non-hydrogen) atoms. The van der Waals surface area contributed by atoms with E-state index >= 15 is 0 Å². The number of nitrogens with two attached hydrogens (primary N) is 1. The van der Waals surface area contributed by atoms with E-state index in [1.807, 2.05) is 0 Å². The van der Waals surface area contributed by atoms with Crippen LogP contribution in [0.2, 0.25) is 5.02 Å². The summed E-state index contributed by atoms with van der Waals surface area (Å²) in [6, 6.07) is 2.78. The van der Waals surface area contributed by atoms with E-state index in [1.165, 1.54) is 6.07 Å². The Balaban J connectivity index is 2.93. The molecule has 1 nitrogen and oxygen atoms in total. The molecule has 0 aliphatic rings. The maximum Gasteiger partial charge on any atom is 0.127 e. The molecule has 1 atom stereocenters. The normalized spacial score (nSPS) is 11.8. The Labute approximate surface area is 101 Å². The summed E-state index contributed by atoms with van der Waals surface area (Å²) < 4.78 is 13.1. The van der Waals surface area contributed by atoms with Gasteiger partial charge in [0.15, 0.2) is 0 Å². The Hall–Kier alpha value is -1.04. The van der Waals surface area contributed by atoms with E-state index < -0.39 is 0 Å². The predicted molar refractivity (Wildman–Crippen MR) is 65.9 cm³/mol. The highest BCUT2D eigenvalue weighted by Gasteiger charge is 2.03. The van der Waals surface area contributed by atoms with Crippen LogP contribution < -0.4 is 5.73 Å². The fraction of sp³-hybridized carbons (Fsp3) is 0.385. The van der Waals surface area contributed by atoms with Gasteiger partial charge in [0.25, 0.3) is 0 Å². The highest BCUT2D eigenvalue weighted by Crippen LogP contribution is 2.19. The van der Waals surface area contributed by atoms with Gasteiger partial charge in [-0.1, -0.05) is 36.8 Å². The molecule has 0 saturated carbocycles. The maximum absolute atomic E-state index is 13.1. The van der Waals surface area contributed by atoms with Gasteiger partial charge in [-0.05, 0) is 31.0 Å². The van der Waals surface area contributed by atoms with Crippen molar-refractivity contribution in [1.82, 2.24) is 0 Å². The Morgan fingerprint density at radius 1 is 1.50 bits per heavy atom. The summed E-state index contributed by atoms with van der Waals surface area (Å²) in [6.07, 6.45) is 1.84. The zero-order chi connectivity index (χ0) is 12.1. The molecule has 1 aromatic carbocycles. The van der Waals surface area contributed by atoms with Crippen molar-refractivity contribution in [1.29, 1.82) is 0 Å². The Kier molecular flexibility index (Phi) is 4.79. The summed E-state index contributed by atoms with van der Waals surface area (Å²) in [5.41, 5.74) is 6.93. The first-order valence-corrected chi connectivity index (χ1v) is 5.65. The van der Waals surface area contributed by atoms with Gasteiger partial charge in [-0.2, -0.15) is 0 Å². The molecule has 0 bridgehead atoms. The zero-order valence-corrected chi connectivity index (χ0v) is 10.2. The van der Waals surface area contributed by atoms with Gasteiger partial charge in [-0.3, -0.25) is 0 Å². The molecule has 1 rings (SSSR count). The third-order valence-electron chi connectivity index (χ3n) is 2.24. The molecule has 0 spiro atoms. The highest BCUT2D eigenvalue weighted by molar-refractivity contribution is 6.31. The monoisotopic (exact) mass is 239 g/mol. The zero-order valence-electron chi connectivity index (χ0n) is 9.48. The molecule has 0 fully saturated rings. The van der Waals surface area contributed by atoms with Crippen molar-refractivity contribution < 1.29 is 4.39 Å². The topological polar surface area (TPSA) is 26.0 Å². The second-order valence-corrected chi connectivity index (χ2v) is 4.15. The molecular weight excluding hydrogens is 225 g/mol. The molecule has 0 aliphatic carbocycles. The van der Waals surface area contributed by atoms with Crippen molar-refractivity contribution in [3.63, 3.8) is 0 Å². The number of benzene rings is 1. The molecular formula is C13H15ClFN. The quantitative estimate of drug-likeness (QED) is 0.788. The first-order chi connectivity index (χ1) is 7.54. The van der Waals surface area contributed by atoms with Gasteiger partial charge < -0.3 is 5.73 Å². The fourth-order valence-corrected chi connectivity index (χ4v) is 1.50. The largest absolute Gasteiger partial charge is 0.318 e. The molecule has 0 aromatic heterocycles. The third kappa shape index (κ3) is 3.52. The Bertz CT molecular complexity index is 432. The van der Waals surface area contributed by atoms with Crippen LogP contribution in [-0.4, -0.2) is 6.04 Å². The Morgan fingerprint density at radius 2 is 2.19 bits per heavy atom. The van der Waals surface area contributed by atoms with Gasteiger partial charge in [0, 0.05) is 5.56 Å². The van der Waals surface area contributed by atoms with E-state index in [0.717, 1.165) is 12.8 Å². The number of rotatable bonds is 2. The van der Waals surface area contributed by atoms with Crippen LogP contribution in [0.3, 0.4) is 0 Å². The van der Waals surface area contributed by atoms with Crippen molar-refractivity contribution in [2.24, 2.45) is 5.73 Å². The van der Waals surface area contributed by atoms with Gasteiger partial charge in [0.2, 0.25) is 0 Å². The van der Waals surface area contributed by atoms with Crippen molar-refractivity contribution in [2.45, 2.75) is 32.7 Å². The average Bonchev–Trinajstić information content (AvgIpc) is 2.22. The average molecular weight is 240 g/mol. The first-order valence-electron chi connectivity index (χ1n) is 5.27. The lowest BCUT2D eigenvalue weighted by molar-refractivity contribution is 0.618. The summed E-state index contributed by atoms with van der Waals surface area (Å²) in [6.45, 7) is 3.74. The molecule has 0 amide bonds. The molecule has 0 aliphatic heterocycles. The molecule has 3 heteroatoms. The van der Waals surface area contributed by atoms with Gasteiger partial charge in [-0.15, -0.1) is 0 Å². The third-order valence-corrected chi connectivity index (χ3v) is 2.55. The van der Waals surface area contributed by atoms with E-state index in [2.05, 4.69) is 18.8 Å². The van der Waals surface area contributed by atoms with E-state index in [-0.39, 0.29) is 11.9 Å². The van der Waals surface area contributed by atoms with E-state index in [9.17, 15) is 4.39 Å². The lowest BCUT2D eigenvalue weighted by Crippen LogP contribution is -2.16. The lowest BCUT2D eigenvalue weighted by Gasteiger charge is -2.02. The summed E-state index contributed by atoms with van der Waals surface area (Å²) in [4.78, 5) is 0. The van der Waals surface area contributed by atoms with Crippen LogP contribution in [0.1, 0.15) is 30.9 Å². The Morgan fingerprint density at radius 3 is 2.81 bits per heavy atom. The lowest BCUT2D eigenvalue weighted by atomic mass is 10.1. The van der Waals surface area contributed by atoms with Crippen LogP contribution in [0, 0.1) is 24.6 Å². The summed E-state index contributed by atoms with van der Waals surface area (Å²) in [7, 11) is 0. The van der Waals surface area contributed by atoms with Gasteiger partial charge in [0.05, 0.1) is 11.1 Å². The van der Waals surface area contributed by atoms with Gasteiger partial charge in [0.1, 0.15) is 5.82 Å². The van der Waals surface area contributed by atoms with Crippen LogP contribution in [0.4, 0.5) is 4.39 Å². The van der Waals surface area contributed by atoms with Gasteiger partial charge in [-0.25, -0.2) is 4.39 Å². The number of hydrogen-bond acceptors (Lipinski definition) is 1. The van der Waals surface area contributed by atoms with Crippen LogP contribution in [0.5, 0.6) is 0 Å². The molecule has 1 unspecified atom stereocenters. The fourth-order valence-electron chi connectivity index (χ4n) is 1.31. The number of aryl methyl sites for hydroxylation is 1. The van der Waals surface area contributed by atoms with Crippen LogP contribution in [-0.2, 0) is 0 Å². The molecule has 0 radical (unpaired) electrons. The van der Waals surface area contributed by atoms with E-state index in [0.29, 0.717) is 16.1 Å². The molecule has 1 aromatic rings. The summed E-state index contributed by atoms with van der Waals surface area (Å²) in [5, 5.41) is 0.333. The first kappa shape index (κ1) is 13.0. The van der Waals surface area contributed by atoms with Crippen LogP contribution in [0.25, 0.3) is 0 Å². The van der Waals surface area contributed by atoms with Crippen molar-refractivity contribution in [2.75, 3.05) is 0 Å². The SMILES string of the molecule is CCCC(N)C#Cc1cc(C)c(F)cc1Cl. The van der Waals surface area contributed by atoms with E-state index in [1.54, 1.807) is 13.0 Å². The number of halogens is 2. The van der Waals surface area contributed by atoms with E-state index in [4.69, 9.17) is 17.3 Å². The molecule has 0 heterocycles. The summed E-state index contributed by atoms with van der Waals surface area (Å²) in [5.74, 6) is 5.49. The number of hydrogen-bond donors (Lipinski definition) is 1. The summed E-state index contributed by atoms with van der Waals surface area (Å²) >= 11 is 5.88. The molecule has 0 saturated heterocycles. The van der Waals surface area contributed by atoms with Crippen molar-refractivity contribution >= 4 is 11.6 Å². The smallest absolute Gasteiger partial charge is 0.127 e. The minimum absolute atomic E-state index is 0.147. The highest BCUT2D eigenvalue weighted by atomic mass is 35.5. The minimum atomic E-state index is -0.312. The van der Waals surface area contributed by atoms with Crippen molar-refractivity contribution in [3.05, 3.63) is 34.1 Å².